The van der Waals surface area contributed by atoms with E-state index in [2.05, 4.69) is 12.2 Å². The van der Waals surface area contributed by atoms with Gasteiger partial charge in [-0.05, 0) is 31.8 Å². The van der Waals surface area contributed by atoms with Crippen LogP contribution in [0.25, 0.3) is 0 Å². The summed E-state index contributed by atoms with van der Waals surface area (Å²) in [4.78, 5) is 0. The number of ether oxygens (including phenoxy) is 1. The molecular weight excluding hydrogens is 162 g/mol. The Kier molecular flexibility index (Phi) is 6.21. The number of hydrogen-bond acceptors (Lipinski definition) is 2. The maximum atomic E-state index is 5.56. The summed E-state index contributed by atoms with van der Waals surface area (Å²) in [5, 5.41) is 3.27. The number of rotatable bonds is 8. The molecule has 0 saturated carbocycles. The van der Waals surface area contributed by atoms with Crippen molar-refractivity contribution in [2.24, 2.45) is 5.92 Å². The van der Waals surface area contributed by atoms with Gasteiger partial charge in [0, 0.05) is 13.2 Å². The van der Waals surface area contributed by atoms with E-state index < -0.39 is 0 Å². The SMILES string of the molecule is CCCCCCOCCC1CNC1. The molecule has 1 saturated heterocycles. The van der Waals surface area contributed by atoms with Gasteiger partial charge in [0.25, 0.3) is 0 Å². The first-order chi connectivity index (χ1) is 6.43. The molecule has 0 aromatic rings. The monoisotopic (exact) mass is 185 g/mol. The molecular formula is C11H23NO. The highest BCUT2D eigenvalue weighted by Gasteiger charge is 2.15. The minimum Gasteiger partial charge on any atom is -0.381 e. The van der Waals surface area contributed by atoms with Gasteiger partial charge in [-0.25, -0.2) is 0 Å². The standard InChI is InChI=1S/C11H23NO/c1-2-3-4-5-7-13-8-6-11-9-12-10-11/h11-12H,2-10H2,1H3. The first-order valence-electron chi connectivity index (χ1n) is 5.72. The molecule has 0 radical (unpaired) electrons. The number of unbranched alkanes of at least 4 members (excludes halogenated alkanes) is 3. The van der Waals surface area contributed by atoms with Crippen LogP contribution in [0.5, 0.6) is 0 Å². The smallest absolute Gasteiger partial charge is 0.0469 e. The minimum absolute atomic E-state index is 0.899. The van der Waals surface area contributed by atoms with E-state index in [9.17, 15) is 0 Å². The largest absolute Gasteiger partial charge is 0.381 e. The average Bonchev–Trinajstić information content (AvgIpc) is 2.07. The molecule has 0 aliphatic carbocycles. The molecule has 1 aliphatic heterocycles. The maximum absolute atomic E-state index is 5.56. The topological polar surface area (TPSA) is 21.3 Å². The Morgan fingerprint density at radius 2 is 2.00 bits per heavy atom. The quantitative estimate of drug-likeness (QED) is 0.585. The second kappa shape index (κ2) is 7.34. The highest BCUT2D eigenvalue weighted by Crippen LogP contribution is 2.08. The Balaban J connectivity index is 1.68. The highest BCUT2D eigenvalue weighted by atomic mass is 16.5. The van der Waals surface area contributed by atoms with Crippen molar-refractivity contribution in [1.29, 1.82) is 0 Å². The second-order valence-electron chi connectivity index (χ2n) is 3.99. The third-order valence-electron chi connectivity index (χ3n) is 2.68. The van der Waals surface area contributed by atoms with Gasteiger partial charge in [0.05, 0.1) is 0 Å². The summed E-state index contributed by atoms with van der Waals surface area (Å²) in [6.07, 6.45) is 6.50. The summed E-state index contributed by atoms with van der Waals surface area (Å²) in [5.74, 6) is 0.899. The van der Waals surface area contributed by atoms with Crippen LogP contribution in [0.15, 0.2) is 0 Å². The molecule has 0 spiro atoms. The normalized spacial score (nSPS) is 17.3. The second-order valence-corrected chi connectivity index (χ2v) is 3.99. The zero-order valence-electron chi connectivity index (χ0n) is 8.85. The molecule has 0 atom stereocenters. The van der Waals surface area contributed by atoms with Crippen molar-refractivity contribution in [2.45, 2.75) is 39.0 Å². The van der Waals surface area contributed by atoms with Gasteiger partial charge < -0.3 is 10.1 Å². The lowest BCUT2D eigenvalue weighted by Gasteiger charge is -2.26. The van der Waals surface area contributed by atoms with E-state index in [0.29, 0.717) is 0 Å². The number of nitrogens with one attached hydrogen (secondary N) is 1. The molecule has 78 valence electrons. The molecule has 0 aromatic heterocycles. The summed E-state index contributed by atoms with van der Waals surface area (Å²) >= 11 is 0. The van der Waals surface area contributed by atoms with E-state index in [-0.39, 0.29) is 0 Å². The zero-order valence-corrected chi connectivity index (χ0v) is 8.85. The van der Waals surface area contributed by atoms with Crippen molar-refractivity contribution in [3.8, 4) is 0 Å². The van der Waals surface area contributed by atoms with Gasteiger partial charge in [0.2, 0.25) is 0 Å². The van der Waals surface area contributed by atoms with Crippen molar-refractivity contribution < 1.29 is 4.74 Å². The molecule has 1 fully saturated rings. The van der Waals surface area contributed by atoms with E-state index in [1.54, 1.807) is 0 Å². The summed E-state index contributed by atoms with van der Waals surface area (Å²) in [7, 11) is 0. The summed E-state index contributed by atoms with van der Waals surface area (Å²) in [6.45, 7) is 6.60. The Morgan fingerprint density at radius 1 is 1.15 bits per heavy atom. The van der Waals surface area contributed by atoms with E-state index in [0.717, 1.165) is 19.1 Å². The van der Waals surface area contributed by atoms with Crippen LogP contribution < -0.4 is 5.32 Å². The van der Waals surface area contributed by atoms with Gasteiger partial charge in [-0.3, -0.25) is 0 Å². The maximum Gasteiger partial charge on any atom is 0.0469 e. The Morgan fingerprint density at radius 3 is 2.62 bits per heavy atom. The lowest BCUT2D eigenvalue weighted by molar-refractivity contribution is 0.108. The molecule has 1 heterocycles. The van der Waals surface area contributed by atoms with Gasteiger partial charge in [-0.1, -0.05) is 26.2 Å². The van der Waals surface area contributed by atoms with Crippen LogP contribution in [0.3, 0.4) is 0 Å². The first kappa shape index (κ1) is 11.0. The average molecular weight is 185 g/mol. The third kappa shape index (κ3) is 5.27. The molecule has 2 nitrogen and oxygen atoms in total. The van der Waals surface area contributed by atoms with Crippen molar-refractivity contribution >= 4 is 0 Å². The van der Waals surface area contributed by atoms with Crippen LogP contribution >= 0.6 is 0 Å². The molecule has 1 aliphatic rings. The van der Waals surface area contributed by atoms with E-state index in [1.807, 2.05) is 0 Å². The lowest BCUT2D eigenvalue weighted by Crippen LogP contribution is -2.42. The fourth-order valence-electron chi connectivity index (χ4n) is 1.54. The molecule has 0 amide bonds. The lowest BCUT2D eigenvalue weighted by atomic mass is 10.0. The van der Waals surface area contributed by atoms with Crippen molar-refractivity contribution in [3.05, 3.63) is 0 Å². The van der Waals surface area contributed by atoms with Gasteiger partial charge in [-0.15, -0.1) is 0 Å². The molecule has 0 aromatic carbocycles. The first-order valence-corrected chi connectivity index (χ1v) is 5.72. The van der Waals surface area contributed by atoms with Crippen LogP contribution in [0.2, 0.25) is 0 Å². The summed E-state index contributed by atoms with van der Waals surface area (Å²) in [6, 6.07) is 0. The third-order valence-corrected chi connectivity index (χ3v) is 2.68. The molecule has 0 unspecified atom stereocenters. The fraction of sp³-hybridized carbons (Fsp3) is 1.00. The Hall–Kier alpha value is -0.0800. The summed E-state index contributed by atoms with van der Waals surface area (Å²) in [5.41, 5.74) is 0. The van der Waals surface area contributed by atoms with Crippen LogP contribution in [0, 0.1) is 5.92 Å². The predicted molar refractivity (Wildman–Crippen MR) is 55.9 cm³/mol. The fourth-order valence-corrected chi connectivity index (χ4v) is 1.54. The van der Waals surface area contributed by atoms with E-state index in [4.69, 9.17) is 4.74 Å². The van der Waals surface area contributed by atoms with Crippen molar-refractivity contribution in [1.82, 2.24) is 5.32 Å². The van der Waals surface area contributed by atoms with E-state index in [1.165, 1.54) is 45.2 Å². The highest BCUT2D eigenvalue weighted by molar-refractivity contribution is 4.73. The van der Waals surface area contributed by atoms with Crippen molar-refractivity contribution in [2.75, 3.05) is 26.3 Å². The Bertz CT molecular complexity index is 113. The molecule has 1 rings (SSSR count). The van der Waals surface area contributed by atoms with Crippen LogP contribution in [-0.2, 0) is 4.74 Å². The van der Waals surface area contributed by atoms with Crippen LogP contribution in [0.4, 0.5) is 0 Å². The molecule has 0 bridgehead atoms. The minimum atomic E-state index is 0.899. The van der Waals surface area contributed by atoms with Gasteiger partial charge in [0.1, 0.15) is 0 Å². The number of hydrogen-bond donors (Lipinski definition) is 1. The molecule has 1 N–H and O–H groups in total. The predicted octanol–water partition coefficient (Wildman–Crippen LogP) is 2.19. The summed E-state index contributed by atoms with van der Waals surface area (Å²) < 4.78 is 5.56. The zero-order chi connectivity index (χ0) is 9.36. The molecule has 2 heteroatoms. The van der Waals surface area contributed by atoms with Crippen molar-refractivity contribution in [3.63, 3.8) is 0 Å². The van der Waals surface area contributed by atoms with E-state index >= 15 is 0 Å². The Labute approximate surface area is 82.0 Å². The van der Waals surface area contributed by atoms with Gasteiger partial charge in [0.15, 0.2) is 0 Å². The van der Waals surface area contributed by atoms with Gasteiger partial charge >= 0.3 is 0 Å². The molecule has 13 heavy (non-hydrogen) atoms. The van der Waals surface area contributed by atoms with Gasteiger partial charge in [-0.2, -0.15) is 0 Å². The van der Waals surface area contributed by atoms with Crippen LogP contribution in [0.1, 0.15) is 39.0 Å². The van der Waals surface area contributed by atoms with Crippen LogP contribution in [-0.4, -0.2) is 26.3 Å².